The molecule has 0 aliphatic carbocycles. The van der Waals surface area contributed by atoms with Crippen LogP contribution in [0.5, 0.6) is 0 Å². The molecule has 2 fully saturated rings. The molecular formula is C13H23NO4. The Morgan fingerprint density at radius 2 is 1.61 bits per heavy atom. The molecule has 0 aromatic carbocycles. The van der Waals surface area contributed by atoms with E-state index in [0.29, 0.717) is 25.6 Å². The molecule has 0 unspecified atom stereocenters. The topological polar surface area (TPSA) is 81.8 Å². The second-order valence-electron chi connectivity index (χ2n) is 5.49. The Hall–Kier alpha value is -0.650. The average Bonchev–Trinajstić information content (AvgIpc) is 2.40. The van der Waals surface area contributed by atoms with Crippen LogP contribution >= 0.6 is 0 Å². The van der Waals surface area contributed by atoms with Gasteiger partial charge in [-0.1, -0.05) is 0 Å². The van der Waals surface area contributed by atoms with E-state index in [4.69, 9.17) is 15.2 Å². The van der Waals surface area contributed by atoms with Crippen molar-refractivity contribution in [3.8, 4) is 0 Å². The highest BCUT2D eigenvalue weighted by atomic mass is 16.5. The van der Waals surface area contributed by atoms with Gasteiger partial charge in [0, 0.05) is 26.4 Å². The molecule has 5 nitrogen and oxygen atoms in total. The van der Waals surface area contributed by atoms with Crippen LogP contribution in [0.15, 0.2) is 0 Å². The summed E-state index contributed by atoms with van der Waals surface area (Å²) in [6, 6.07) is 0. The van der Waals surface area contributed by atoms with Gasteiger partial charge >= 0.3 is 5.97 Å². The van der Waals surface area contributed by atoms with Crippen LogP contribution in [0.2, 0.25) is 0 Å². The number of carboxylic acids is 1. The molecule has 2 heterocycles. The van der Waals surface area contributed by atoms with Crippen molar-refractivity contribution in [3.05, 3.63) is 0 Å². The number of hydrogen-bond donors (Lipinski definition) is 2. The quantitative estimate of drug-likeness (QED) is 0.785. The molecule has 1 atom stereocenters. The molecule has 0 bridgehead atoms. The van der Waals surface area contributed by atoms with E-state index < -0.39 is 11.5 Å². The standard InChI is InChI=1S/C13H23NO4/c14-13(12(15)16,11-3-7-18-8-4-11)9-10-1-5-17-6-2-10/h10-11H,1-9,14H2,(H,15,16)/t13-/m0/s1. The molecule has 0 aromatic rings. The fraction of sp³-hybridized carbons (Fsp3) is 0.923. The molecule has 0 amide bonds. The third-order valence-corrected chi connectivity index (χ3v) is 4.32. The lowest BCUT2D eigenvalue weighted by Crippen LogP contribution is -2.56. The summed E-state index contributed by atoms with van der Waals surface area (Å²) in [7, 11) is 0. The first-order chi connectivity index (χ1) is 8.63. The zero-order valence-electron chi connectivity index (χ0n) is 10.8. The molecule has 2 aliphatic heterocycles. The van der Waals surface area contributed by atoms with Gasteiger partial charge in [0.2, 0.25) is 0 Å². The summed E-state index contributed by atoms with van der Waals surface area (Å²) in [5, 5.41) is 9.52. The van der Waals surface area contributed by atoms with Crippen LogP contribution in [0, 0.1) is 11.8 Å². The SMILES string of the molecule is N[C@](CC1CCOCC1)(C(=O)O)C1CCOCC1. The van der Waals surface area contributed by atoms with Crippen molar-refractivity contribution in [2.45, 2.75) is 37.6 Å². The van der Waals surface area contributed by atoms with Gasteiger partial charge in [-0.15, -0.1) is 0 Å². The Kier molecular flexibility index (Phi) is 4.59. The second-order valence-corrected chi connectivity index (χ2v) is 5.49. The predicted octanol–water partition coefficient (Wildman–Crippen LogP) is 1.01. The summed E-state index contributed by atoms with van der Waals surface area (Å²) < 4.78 is 10.6. The Morgan fingerprint density at radius 1 is 1.11 bits per heavy atom. The van der Waals surface area contributed by atoms with Gasteiger partial charge in [0.1, 0.15) is 5.54 Å². The molecule has 3 N–H and O–H groups in total. The van der Waals surface area contributed by atoms with Gasteiger partial charge in [-0.3, -0.25) is 4.79 Å². The van der Waals surface area contributed by atoms with E-state index in [1.54, 1.807) is 0 Å². The highest BCUT2D eigenvalue weighted by Crippen LogP contribution is 2.34. The van der Waals surface area contributed by atoms with E-state index in [9.17, 15) is 9.90 Å². The van der Waals surface area contributed by atoms with Crippen molar-refractivity contribution in [1.82, 2.24) is 0 Å². The maximum atomic E-state index is 11.6. The minimum absolute atomic E-state index is 0.0339. The van der Waals surface area contributed by atoms with Crippen LogP contribution < -0.4 is 5.73 Å². The number of aliphatic carboxylic acids is 1. The maximum Gasteiger partial charge on any atom is 0.323 e. The molecule has 2 rings (SSSR count). The average molecular weight is 257 g/mol. The van der Waals surface area contributed by atoms with Crippen molar-refractivity contribution in [1.29, 1.82) is 0 Å². The molecule has 0 radical (unpaired) electrons. The summed E-state index contributed by atoms with van der Waals surface area (Å²) >= 11 is 0. The highest BCUT2D eigenvalue weighted by molar-refractivity contribution is 5.79. The first kappa shape index (κ1) is 13.8. The monoisotopic (exact) mass is 257 g/mol. The third-order valence-electron chi connectivity index (χ3n) is 4.32. The lowest BCUT2D eigenvalue weighted by atomic mass is 9.73. The summed E-state index contributed by atoms with van der Waals surface area (Å²) in [4.78, 5) is 11.6. The molecule has 0 saturated carbocycles. The molecular weight excluding hydrogens is 234 g/mol. The van der Waals surface area contributed by atoms with Gasteiger partial charge in [0.05, 0.1) is 0 Å². The van der Waals surface area contributed by atoms with Crippen LogP contribution in [0.3, 0.4) is 0 Å². The number of rotatable bonds is 4. The first-order valence-corrected chi connectivity index (χ1v) is 6.80. The largest absolute Gasteiger partial charge is 0.480 e. The summed E-state index contributed by atoms with van der Waals surface area (Å²) in [5.74, 6) is -0.449. The zero-order valence-corrected chi connectivity index (χ0v) is 10.8. The second kappa shape index (κ2) is 5.99. The lowest BCUT2D eigenvalue weighted by Gasteiger charge is -2.39. The van der Waals surface area contributed by atoms with Crippen LogP contribution in [0.1, 0.15) is 32.1 Å². The molecule has 5 heteroatoms. The van der Waals surface area contributed by atoms with E-state index in [-0.39, 0.29) is 5.92 Å². The van der Waals surface area contributed by atoms with E-state index in [0.717, 1.165) is 38.9 Å². The van der Waals surface area contributed by atoms with Crippen molar-refractivity contribution in [2.24, 2.45) is 17.6 Å². The molecule has 2 aliphatic rings. The maximum absolute atomic E-state index is 11.6. The van der Waals surface area contributed by atoms with Crippen LogP contribution in [-0.2, 0) is 14.3 Å². The molecule has 18 heavy (non-hydrogen) atoms. The van der Waals surface area contributed by atoms with E-state index in [1.807, 2.05) is 0 Å². The summed E-state index contributed by atoms with van der Waals surface area (Å²) in [6.07, 6.45) is 3.93. The fourth-order valence-electron chi connectivity index (χ4n) is 3.07. The minimum atomic E-state index is -1.09. The van der Waals surface area contributed by atoms with Crippen LogP contribution in [-0.4, -0.2) is 43.0 Å². The predicted molar refractivity (Wildman–Crippen MR) is 66.3 cm³/mol. The molecule has 2 saturated heterocycles. The van der Waals surface area contributed by atoms with Gasteiger partial charge in [-0.25, -0.2) is 0 Å². The summed E-state index contributed by atoms with van der Waals surface area (Å²) in [5.41, 5.74) is 5.16. The first-order valence-electron chi connectivity index (χ1n) is 6.80. The minimum Gasteiger partial charge on any atom is -0.480 e. The van der Waals surface area contributed by atoms with Crippen molar-refractivity contribution < 1.29 is 19.4 Å². The van der Waals surface area contributed by atoms with E-state index in [2.05, 4.69) is 0 Å². The van der Waals surface area contributed by atoms with Gasteiger partial charge in [0.15, 0.2) is 0 Å². The number of nitrogens with two attached hydrogens (primary N) is 1. The number of hydrogen-bond acceptors (Lipinski definition) is 4. The Bertz CT molecular complexity index is 285. The number of carboxylic acid groups (broad SMARTS) is 1. The van der Waals surface area contributed by atoms with E-state index in [1.165, 1.54) is 0 Å². The Balaban J connectivity index is 2.02. The van der Waals surface area contributed by atoms with Crippen molar-refractivity contribution >= 4 is 5.97 Å². The zero-order chi connectivity index (χ0) is 13.0. The molecule has 104 valence electrons. The van der Waals surface area contributed by atoms with Gasteiger partial charge in [-0.05, 0) is 43.9 Å². The van der Waals surface area contributed by atoms with Gasteiger partial charge < -0.3 is 20.3 Å². The third kappa shape index (κ3) is 3.02. The Morgan fingerprint density at radius 3 is 2.11 bits per heavy atom. The van der Waals surface area contributed by atoms with Crippen LogP contribution in [0.25, 0.3) is 0 Å². The van der Waals surface area contributed by atoms with Crippen molar-refractivity contribution in [3.63, 3.8) is 0 Å². The van der Waals surface area contributed by atoms with Gasteiger partial charge in [0.25, 0.3) is 0 Å². The summed E-state index contributed by atoms with van der Waals surface area (Å²) in [6.45, 7) is 2.72. The van der Waals surface area contributed by atoms with E-state index >= 15 is 0 Å². The number of ether oxygens (including phenoxy) is 2. The normalized spacial score (nSPS) is 26.7. The van der Waals surface area contributed by atoms with Crippen LogP contribution in [0.4, 0.5) is 0 Å². The molecule has 0 spiro atoms. The smallest absolute Gasteiger partial charge is 0.323 e. The fourth-order valence-corrected chi connectivity index (χ4v) is 3.07. The lowest BCUT2D eigenvalue weighted by molar-refractivity contribution is -0.148. The van der Waals surface area contributed by atoms with Crippen molar-refractivity contribution in [2.75, 3.05) is 26.4 Å². The molecule has 0 aromatic heterocycles. The number of carbonyl (C=O) groups is 1. The highest BCUT2D eigenvalue weighted by Gasteiger charge is 2.44. The van der Waals surface area contributed by atoms with Gasteiger partial charge in [-0.2, -0.15) is 0 Å². The Labute approximate surface area is 108 Å².